The van der Waals surface area contributed by atoms with E-state index < -0.39 is 12.5 Å². The quantitative estimate of drug-likeness (QED) is 0.375. The number of carbonyl (C=O) groups is 1. The van der Waals surface area contributed by atoms with E-state index in [-0.39, 0.29) is 29.2 Å². The molecule has 3 aromatic rings. The molecule has 2 aliphatic heterocycles. The van der Waals surface area contributed by atoms with E-state index in [2.05, 4.69) is 15.1 Å². The molecule has 3 fully saturated rings. The molecular formula is C29H33F2N3O5. The molecule has 0 radical (unpaired) electrons. The van der Waals surface area contributed by atoms with Crippen molar-refractivity contribution in [2.24, 2.45) is 0 Å². The normalized spacial score (nSPS) is 18.5. The van der Waals surface area contributed by atoms with Gasteiger partial charge in [0.1, 0.15) is 41.1 Å². The third-order valence-corrected chi connectivity index (χ3v) is 7.48. The third kappa shape index (κ3) is 5.96. The number of ether oxygens (including phenoxy) is 3. The number of likely N-dealkylation sites (N-methyl/N-ethyl adjacent to an activating group) is 1. The number of hydrogen-bond acceptors (Lipinski definition) is 7. The molecule has 0 spiro atoms. The fourth-order valence-electron chi connectivity index (χ4n) is 5.25. The van der Waals surface area contributed by atoms with E-state index in [9.17, 15) is 13.6 Å². The Morgan fingerprint density at radius 2 is 1.90 bits per heavy atom. The van der Waals surface area contributed by atoms with Gasteiger partial charge in [0.2, 0.25) is 0 Å². The highest BCUT2D eigenvalue weighted by molar-refractivity contribution is 6.02. The van der Waals surface area contributed by atoms with Crippen LogP contribution in [0.15, 0.2) is 41.0 Å². The number of likely N-dealkylation sites (tertiary alicyclic amines) is 2. The molecule has 0 atom stereocenters. The van der Waals surface area contributed by atoms with E-state index >= 15 is 0 Å². The molecule has 2 saturated heterocycles. The first kappa shape index (κ1) is 25.9. The molecule has 3 heterocycles. The van der Waals surface area contributed by atoms with Gasteiger partial charge in [-0.1, -0.05) is 0 Å². The van der Waals surface area contributed by atoms with Gasteiger partial charge in [-0.25, -0.2) is 0 Å². The van der Waals surface area contributed by atoms with Crippen molar-refractivity contribution in [3.63, 3.8) is 0 Å². The molecule has 8 nitrogen and oxygen atoms in total. The largest absolute Gasteiger partial charge is 0.492 e. The van der Waals surface area contributed by atoms with Crippen molar-refractivity contribution in [3.8, 4) is 28.4 Å². The number of benzene rings is 2. The molecule has 1 saturated carbocycles. The van der Waals surface area contributed by atoms with E-state index in [0.717, 1.165) is 37.9 Å². The highest BCUT2D eigenvalue weighted by Crippen LogP contribution is 2.41. The Morgan fingerprint density at radius 3 is 2.62 bits per heavy atom. The van der Waals surface area contributed by atoms with Crippen molar-refractivity contribution in [1.29, 1.82) is 0 Å². The van der Waals surface area contributed by atoms with Crippen molar-refractivity contribution < 1.29 is 32.2 Å². The van der Waals surface area contributed by atoms with Crippen molar-refractivity contribution in [2.75, 3.05) is 46.4 Å². The lowest BCUT2D eigenvalue weighted by Crippen LogP contribution is -2.51. The van der Waals surface area contributed by atoms with Gasteiger partial charge in [-0.3, -0.25) is 14.6 Å². The van der Waals surface area contributed by atoms with Gasteiger partial charge in [0.15, 0.2) is 0 Å². The van der Waals surface area contributed by atoms with Crippen LogP contribution in [-0.2, 0) is 0 Å². The van der Waals surface area contributed by atoms with Crippen molar-refractivity contribution in [3.05, 3.63) is 42.2 Å². The third-order valence-electron chi connectivity index (χ3n) is 7.48. The average Bonchev–Trinajstić information content (AvgIpc) is 3.35. The van der Waals surface area contributed by atoms with Crippen molar-refractivity contribution in [1.82, 2.24) is 15.1 Å². The van der Waals surface area contributed by atoms with Crippen LogP contribution >= 0.6 is 0 Å². The van der Waals surface area contributed by atoms with Crippen LogP contribution < -0.4 is 19.5 Å². The second kappa shape index (κ2) is 11.0. The first-order chi connectivity index (χ1) is 18.9. The maximum absolute atomic E-state index is 13.5. The summed E-state index contributed by atoms with van der Waals surface area (Å²) in [7, 11) is 1.96. The molecule has 208 valence electrons. The summed E-state index contributed by atoms with van der Waals surface area (Å²) in [6.45, 7) is 1.96. The Kier molecular flexibility index (Phi) is 7.31. The Bertz CT molecular complexity index is 1330. The number of carbonyl (C=O) groups excluding carboxylic acids is 1. The standard InChI is InChI=1S/C29H33F2N3O5/c1-33-15-21(16-33)38-25-12-18(13-26(39-29(30)31)27(25)28(35)32-19-4-5-19)23-17-37-24-14-20(6-7-22(23)24)36-11-10-34-8-2-3-9-34/h6-7,12-14,17,19,21,29H,2-5,8-11,15-16H2,1H3,(H,32,35). The number of amides is 1. The number of rotatable bonds is 11. The fraction of sp³-hybridized carbons (Fsp3) is 0.483. The minimum atomic E-state index is -3.10. The molecule has 0 bridgehead atoms. The second-order valence-corrected chi connectivity index (χ2v) is 10.6. The number of nitrogens with zero attached hydrogens (tertiary/aromatic N) is 2. The number of halogens is 2. The molecular weight excluding hydrogens is 508 g/mol. The lowest BCUT2D eigenvalue weighted by atomic mass is 10.0. The zero-order valence-electron chi connectivity index (χ0n) is 22.0. The summed E-state index contributed by atoms with van der Waals surface area (Å²) in [5.74, 6) is 0.222. The average molecular weight is 542 g/mol. The van der Waals surface area contributed by atoms with Gasteiger partial charge in [-0.2, -0.15) is 8.78 Å². The van der Waals surface area contributed by atoms with Crippen LogP contribution in [0.25, 0.3) is 22.1 Å². The Morgan fingerprint density at radius 1 is 1.13 bits per heavy atom. The van der Waals surface area contributed by atoms with E-state index in [1.165, 1.54) is 18.9 Å². The minimum Gasteiger partial charge on any atom is -0.492 e. The lowest BCUT2D eigenvalue weighted by Gasteiger charge is -2.36. The van der Waals surface area contributed by atoms with Crippen molar-refractivity contribution >= 4 is 16.9 Å². The van der Waals surface area contributed by atoms with E-state index in [1.54, 1.807) is 12.3 Å². The molecule has 1 amide bonds. The monoisotopic (exact) mass is 541 g/mol. The molecule has 39 heavy (non-hydrogen) atoms. The smallest absolute Gasteiger partial charge is 0.387 e. The van der Waals surface area contributed by atoms with E-state index in [1.807, 2.05) is 25.2 Å². The number of nitrogens with one attached hydrogen (secondary N) is 1. The maximum Gasteiger partial charge on any atom is 0.387 e. The van der Waals surface area contributed by atoms with Crippen LogP contribution in [0.5, 0.6) is 17.2 Å². The van der Waals surface area contributed by atoms with Crippen LogP contribution in [0.4, 0.5) is 8.78 Å². The molecule has 0 unspecified atom stereocenters. The summed E-state index contributed by atoms with van der Waals surface area (Å²) >= 11 is 0. The fourth-order valence-corrected chi connectivity index (χ4v) is 5.25. The summed E-state index contributed by atoms with van der Waals surface area (Å²) in [5.41, 5.74) is 1.83. The Labute approximate surface area is 225 Å². The Balaban J connectivity index is 1.30. The topological polar surface area (TPSA) is 76.4 Å². The maximum atomic E-state index is 13.5. The zero-order chi connectivity index (χ0) is 26.9. The number of alkyl halides is 2. The van der Waals surface area contributed by atoms with Crippen LogP contribution in [0.3, 0.4) is 0 Å². The molecule has 1 aliphatic carbocycles. The number of furan rings is 1. The molecule has 1 aromatic heterocycles. The summed E-state index contributed by atoms with van der Waals surface area (Å²) in [5, 5.41) is 3.66. The van der Waals surface area contributed by atoms with Crippen molar-refractivity contribution in [2.45, 2.75) is 44.4 Å². The van der Waals surface area contributed by atoms with Gasteiger partial charge < -0.3 is 23.9 Å². The van der Waals surface area contributed by atoms with Crippen LogP contribution in [-0.4, -0.2) is 80.8 Å². The predicted octanol–water partition coefficient (Wildman–Crippen LogP) is 4.76. The van der Waals surface area contributed by atoms with Gasteiger partial charge >= 0.3 is 6.61 Å². The zero-order valence-corrected chi connectivity index (χ0v) is 22.0. The molecule has 10 heteroatoms. The van der Waals surface area contributed by atoms with E-state index in [4.69, 9.17) is 18.6 Å². The highest BCUT2D eigenvalue weighted by Gasteiger charge is 2.32. The SMILES string of the molecule is CN1CC(Oc2cc(-c3coc4cc(OCCN5CCCC5)ccc34)cc(OC(F)F)c2C(=O)NC2CC2)C1. The number of hydrogen-bond donors (Lipinski definition) is 1. The summed E-state index contributed by atoms with van der Waals surface area (Å²) < 4.78 is 49.8. The Hall–Kier alpha value is -3.37. The van der Waals surface area contributed by atoms with Gasteiger partial charge in [-0.05, 0) is 75.6 Å². The van der Waals surface area contributed by atoms with Crippen LogP contribution in [0, 0.1) is 0 Å². The summed E-state index contributed by atoms with van der Waals surface area (Å²) in [4.78, 5) is 17.6. The van der Waals surface area contributed by atoms with Gasteiger partial charge in [0.25, 0.3) is 5.91 Å². The highest BCUT2D eigenvalue weighted by atomic mass is 19.3. The molecule has 1 N–H and O–H groups in total. The van der Waals surface area contributed by atoms with Gasteiger partial charge in [0.05, 0.1) is 6.26 Å². The minimum absolute atomic E-state index is 0.0120. The van der Waals surface area contributed by atoms with Crippen LogP contribution in [0.2, 0.25) is 0 Å². The molecule has 2 aromatic carbocycles. The first-order valence-corrected chi connectivity index (χ1v) is 13.6. The lowest BCUT2D eigenvalue weighted by molar-refractivity contribution is -0.0504. The summed E-state index contributed by atoms with van der Waals surface area (Å²) in [6.07, 6.45) is 5.63. The summed E-state index contributed by atoms with van der Waals surface area (Å²) in [6, 6.07) is 8.81. The molecule has 3 aliphatic rings. The second-order valence-electron chi connectivity index (χ2n) is 10.6. The van der Waals surface area contributed by atoms with E-state index in [0.29, 0.717) is 42.2 Å². The predicted molar refractivity (Wildman–Crippen MR) is 142 cm³/mol. The first-order valence-electron chi connectivity index (χ1n) is 13.6. The number of fused-ring (bicyclic) bond motifs is 1. The van der Waals surface area contributed by atoms with Gasteiger partial charge in [0, 0.05) is 42.7 Å². The van der Waals surface area contributed by atoms with Gasteiger partial charge in [-0.15, -0.1) is 0 Å². The van der Waals surface area contributed by atoms with Crippen LogP contribution in [0.1, 0.15) is 36.0 Å². The molecule has 6 rings (SSSR count).